The number of rotatable bonds is 6. The Hall–Kier alpha value is -1.68. The fourth-order valence-corrected chi connectivity index (χ4v) is 12.7. The largest absolute Gasteiger partial charge is 0.469 e. The highest BCUT2D eigenvalue weighted by molar-refractivity contribution is 5.72. The summed E-state index contributed by atoms with van der Waals surface area (Å²) in [6.45, 7) is 17.6. The van der Waals surface area contributed by atoms with Crippen LogP contribution in [0.1, 0.15) is 117 Å². The van der Waals surface area contributed by atoms with Crippen molar-refractivity contribution in [3.63, 3.8) is 0 Å². The summed E-state index contributed by atoms with van der Waals surface area (Å²) in [5, 5.41) is 0. The molecule has 6 rings (SSSR count). The molecule has 5 fully saturated rings. The van der Waals surface area contributed by atoms with Gasteiger partial charge in [0.05, 0.1) is 13.5 Å². The quantitative estimate of drug-likeness (QED) is 0.253. The molecule has 232 valence electrons. The van der Waals surface area contributed by atoms with E-state index < -0.39 is 0 Å². The number of fused-ring (bicyclic) bond motifs is 7. The van der Waals surface area contributed by atoms with Gasteiger partial charge in [-0.2, -0.15) is 0 Å². The Balaban J connectivity index is 1.24. The topological polar surface area (TPSA) is 46.6 Å². The molecule has 1 saturated heterocycles. The van der Waals surface area contributed by atoms with Gasteiger partial charge in [0.1, 0.15) is 6.29 Å². The molecule has 42 heavy (non-hydrogen) atoms. The number of hydrogen-bond donors (Lipinski definition) is 0. The molecular weight excluding hydrogens is 518 g/mol. The first-order valence-electron chi connectivity index (χ1n) is 17.2. The third-order valence-corrected chi connectivity index (χ3v) is 15.2. The molecule has 0 N–H and O–H groups in total. The predicted octanol–water partition coefficient (Wildman–Crippen LogP) is 8.26. The van der Waals surface area contributed by atoms with Crippen LogP contribution in [0.2, 0.25) is 0 Å². The van der Waals surface area contributed by atoms with E-state index >= 15 is 0 Å². The van der Waals surface area contributed by atoms with Gasteiger partial charge in [0, 0.05) is 17.5 Å². The van der Waals surface area contributed by atoms with Crippen LogP contribution in [0.3, 0.4) is 0 Å². The summed E-state index contributed by atoms with van der Waals surface area (Å²) in [6, 6.07) is 8.60. The molecule has 0 bridgehead atoms. The van der Waals surface area contributed by atoms with Crippen molar-refractivity contribution in [1.29, 1.82) is 0 Å². The fraction of sp³-hybridized carbons (Fsp3) is 0.789. The zero-order valence-corrected chi connectivity index (χ0v) is 27.6. The number of carbonyl (C=O) groups is 2. The second kappa shape index (κ2) is 10.5. The van der Waals surface area contributed by atoms with Gasteiger partial charge in [-0.1, -0.05) is 58.4 Å². The van der Waals surface area contributed by atoms with E-state index in [4.69, 9.17) is 4.74 Å². The van der Waals surface area contributed by atoms with E-state index in [9.17, 15) is 9.59 Å². The van der Waals surface area contributed by atoms with E-state index in [-0.39, 0.29) is 16.9 Å². The Kier molecular flexibility index (Phi) is 7.55. The normalized spacial score (nSPS) is 44.3. The number of ether oxygens (including phenoxy) is 1. The first-order valence-corrected chi connectivity index (χ1v) is 17.2. The molecule has 0 spiro atoms. The van der Waals surface area contributed by atoms with Crippen molar-refractivity contribution in [3.8, 4) is 0 Å². The van der Waals surface area contributed by atoms with Gasteiger partial charge < -0.3 is 9.53 Å². The van der Waals surface area contributed by atoms with Crippen LogP contribution in [0.15, 0.2) is 24.3 Å². The second-order valence-electron chi connectivity index (χ2n) is 16.6. The van der Waals surface area contributed by atoms with Crippen LogP contribution in [0.5, 0.6) is 0 Å². The van der Waals surface area contributed by atoms with Gasteiger partial charge >= 0.3 is 5.97 Å². The van der Waals surface area contributed by atoms with Gasteiger partial charge in [-0.05, 0) is 135 Å². The van der Waals surface area contributed by atoms with Crippen LogP contribution >= 0.6 is 0 Å². The van der Waals surface area contributed by atoms with Crippen molar-refractivity contribution in [2.45, 2.75) is 124 Å². The third kappa shape index (κ3) is 4.23. The number of methoxy groups -OCH3 is 1. The maximum Gasteiger partial charge on any atom is 0.309 e. The molecule has 5 aliphatic rings. The predicted molar refractivity (Wildman–Crippen MR) is 169 cm³/mol. The van der Waals surface area contributed by atoms with E-state index in [2.05, 4.69) is 70.7 Å². The molecular formula is C38H57NO3. The summed E-state index contributed by atoms with van der Waals surface area (Å²) in [5.41, 5.74) is 3.50. The number of likely N-dealkylation sites (tertiary alicyclic amines) is 1. The lowest BCUT2D eigenvalue weighted by Gasteiger charge is -2.73. The number of carbonyl (C=O) groups excluding carboxylic acids is 2. The Morgan fingerprint density at radius 2 is 1.60 bits per heavy atom. The smallest absolute Gasteiger partial charge is 0.309 e. The molecule has 1 aliphatic heterocycles. The van der Waals surface area contributed by atoms with Gasteiger partial charge in [-0.25, -0.2) is 0 Å². The van der Waals surface area contributed by atoms with Crippen LogP contribution in [-0.2, 0) is 27.3 Å². The summed E-state index contributed by atoms with van der Waals surface area (Å²) in [5.74, 6) is 3.32. The molecule has 1 aromatic rings. The SMILES string of the molecule is CC[C@@H]1CC[C@]2(C=O)CC[C@]3(C)[C@H](CC[C@@H]4[C@@]5(C)CCN(Cc6ccc(CC(=O)OC)cc6)C(C)(C)[C@@H]5CC[C@]43C)[C@@H]12. The molecule has 9 atom stereocenters. The highest BCUT2D eigenvalue weighted by Gasteiger charge is 2.70. The molecule has 0 amide bonds. The maximum atomic E-state index is 12.7. The summed E-state index contributed by atoms with van der Waals surface area (Å²) in [7, 11) is 1.45. The molecule has 4 nitrogen and oxygen atoms in total. The molecule has 4 saturated carbocycles. The number of esters is 1. The average Bonchev–Trinajstić information content (AvgIpc) is 3.35. The first-order chi connectivity index (χ1) is 19.9. The van der Waals surface area contributed by atoms with Crippen molar-refractivity contribution >= 4 is 12.3 Å². The Bertz CT molecular complexity index is 1190. The monoisotopic (exact) mass is 575 g/mol. The number of benzene rings is 1. The second-order valence-corrected chi connectivity index (χ2v) is 16.6. The Labute approximate surface area is 255 Å². The van der Waals surface area contributed by atoms with Crippen LogP contribution in [-0.4, -0.2) is 36.3 Å². The Morgan fingerprint density at radius 1 is 0.881 bits per heavy atom. The minimum absolute atomic E-state index is 0.0278. The standard InChI is InChI=1S/C38H57NO3/c1-8-28-15-18-38(25-40)20-19-36(5)29(33(28)38)13-14-31-35(4)21-22-39(34(2,3)30(35)16-17-37(31,36)6)24-27-11-9-26(10-12-27)23-32(41)42-7/h9-12,25,28-31,33H,8,13-24H2,1-7H3/t28-,29-,30+,31-,33-,35+,36-,37-,38-/m1/s1. The molecule has 0 unspecified atom stereocenters. The summed E-state index contributed by atoms with van der Waals surface area (Å²) in [6.07, 6.45) is 14.4. The fourth-order valence-electron chi connectivity index (χ4n) is 12.7. The third-order valence-electron chi connectivity index (χ3n) is 15.2. The minimum Gasteiger partial charge on any atom is -0.469 e. The van der Waals surface area contributed by atoms with Crippen molar-refractivity contribution in [3.05, 3.63) is 35.4 Å². The maximum absolute atomic E-state index is 12.7. The van der Waals surface area contributed by atoms with E-state index in [0.717, 1.165) is 43.3 Å². The van der Waals surface area contributed by atoms with Gasteiger partial charge in [0.2, 0.25) is 0 Å². The van der Waals surface area contributed by atoms with Crippen LogP contribution in [0.25, 0.3) is 0 Å². The van der Waals surface area contributed by atoms with Crippen molar-refractivity contribution in [2.24, 2.45) is 51.2 Å². The molecule has 4 heteroatoms. The van der Waals surface area contributed by atoms with Gasteiger partial charge in [0.15, 0.2) is 0 Å². The van der Waals surface area contributed by atoms with Crippen molar-refractivity contribution in [2.75, 3.05) is 13.7 Å². The van der Waals surface area contributed by atoms with E-state index in [1.54, 1.807) is 0 Å². The Morgan fingerprint density at radius 3 is 2.26 bits per heavy atom. The van der Waals surface area contributed by atoms with Gasteiger partial charge in [-0.3, -0.25) is 9.69 Å². The summed E-state index contributed by atoms with van der Waals surface area (Å²) >= 11 is 0. The van der Waals surface area contributed by atoms with Crippen LogP contribution < -0.4 is 0 Å². The highest BCUT2D eigenvalue weighted by atomic mass is 16.5. The molecule has 1 aromatic carbocycles. The molecule has 0 radical (unpaired) electrons. The van der Waals surface area contributed by atoms with Gasteiger partial charge in [0.25, 0.3) is 0 Å². The zero-order chi connectivity index (χ0) is 30.1. The lowest BCUT2D eigenvalue weighted by Crippen LogP contribution is -2.69. The van der Waals surface area contributed by atoms with E-state index in [1.807, 2.05) is 0 Å². The van der Waals surface area contributed by atoms with E-state index in [0.29, 0.717) is 40.4 Å². The van der Waals surface area contributed by atoms with Crippen molar-refractivity contribution in [1.82, 2.24) is 4.90 Å². The number of aldehydes is 1. The average molecular weight is 576 g/mol. The number of piperidine rings is 1. The highest BCUT2D eigenvalue weighted by Crippen LogP contribution is 2.76. The van der Waals surface area contributed by atoms with Gasteiger partial charge in [-0.15, -0.1) is 0 Å². The summed E-state index contributed by atoms with van der Waals surface area (Å²) < 4.78 is 4.85. The van der Waals surface area contributed by atoms with Crippen LogP contribution in [0.4, 0.5) is 0 Å². The first kappa shape index (κ1) is 30.4. The number of nitrogens with zero attached hydrogens (tertiary/aromatic N) is 1. The van der Waals surface area contributed by atoms with Crippen molar-refractivity contribution < 1.29 is 14.3 Å². The zero-order valence-electron chi connectivity index (χ0n) is 27.6. The summed E-state index contributed by atoms with van der Waals surface area (Å²) in [4.78, 5) is 27.2. The lowest BCUT2D eigenvalue weighted by atomic mass is 9.33. The number of hydrogen-bond acceptors (Lipinski definition) is 4. The lowest BCUT2D eigenvalue weighted by molar-refractivity contribution is -0.241. The molecule has 0 aromatic heterocycles. The minimum atomic E-state index is -0.184. The van der Waals surface area contributed by atoms with E-state index in [1.165, 1.54) is 70.3 Å². The van der Waals surface area contributed by atoms with Crippen LogP contribution in [0, 0.1) is 51.2 Å². The molecule has 1 heterocycles. The molecule has 4 aliphatic carbocycles.